The fourth-order valence-corrected chi connectivity index (χ4v) is 4.94. The Hall–Kier alpha value is -0.100. The second kappa shape index (κ2) is 5.72. The molecular formula is C13H17BrClNO2S. The lowest BCUT2D eigenvalue weighted by atomic mass is 9.94. The summed E-state index contributed by atoms with van der Waals surface area (Å²) < 4.78 is 27.4. The molecule has 2 atom stereocenters. The highest BCUT2D eigenvalue weighted by molar-refractivity contribution is 9.10. The van der Waals surface area contributed by atoms with Crippen molar-refractivity contribution in [2.24, 2.45) is 11.8 Å². The third-order valence-corrected chi connectivity index (χ3v) is 6.41. The van der Waals surface area contributed by atoms with Crippen molar-refractivity contribution in [3.05, 3.63) is 27.7 Å². The fourth-order valence-electron chi connectivity index (χ4n) is 2.59. The van der Waals surface area contributed by atoms with Gasteiger partial charge in [0.1, 0.15) is 0 Å². The van der Waals surface area contributed by atoms with Gasteiger partial charge in [0.2, 0.25) is 10.0 Å². The summed E-state index contributed by atoms with van der Waals surface area (Å²) >= 11 is 9.18. The highest BCUT2D eigenvalue weighted by atomic mass is 79.9. The molecule has 0 N–H and O–H groups in total. The molecule has 1 aliphatic heterocycles. The van der Waals surface area contributed by atoms with Gasteiger partial charge >= 0.3 is 0 Å². The van der Waals surface area contributed by atoms with E-state index in [1.807, 2.05) is 0 Å². The van der Waals surface area contributed by atoms with Crippen LogP contribution >= 0.6 is 27.5 Å². The number of halogens is 2. The number of nitrogens with zero attached hydrogens (tertiary/aromatic N) is 1. The summed E-state index contributed by atoms with van der Waals surface area (Å²) in [6, 6.07) is 4.74. The van der Waals surface area contributed by atoms with E-state index in [-0.39, 0.29) is 0 Å². The van der Waals surface area contributed by atoms with Crippen LogP contribution in [0.3, 0.4) is 0 Å². The van der Waals surface area contributed by atoms with E-state index < -0.39 is 10.0 Å². The van der Waals surface area contributed by atoms with Crippen molar-refractivity contribution < 1.29 is 8.42 Å². The van der Waals surface area contributed by atoms with E-state index >= 15 is 0 Å². The van der Waals surface area contributed by atoms with E-state index in [9.17, 15) is 8.42 Å². The van der Waals surface area contributed by atoms with Gasteiger partial charge in [0.05, 0.1) is 9.92 Å². The van der Waals surface area contributed by atoms with Crippen LogP contribution in [0, 0.1) is 11.8 Å². The van der Waals surface area contributed by atoms with E-state index in [1.54, 1.807) is 22.5 Å². The van der Waals surface area contributed by atoms with Crippen molar-refractivity contribution in [3.63, 3.8) is 0 Å². The van der Waals surface area contributed by atoms with Crippen LogP contribution in [0.4, 0.5) is 0 Å². The Labute approximate surface area is 128 Å². The van der Waals surface area contributed by atoms with Gasteiger partial charge < -0.3 is 0 Å². The van der Waals surface area contributed by atoms with Gasteiger partial charge in [-0.1, -0.05) is 25.4 Å². The molecule has 0 aliphatic carbocycles. The van der Waals surface area contributed by atoms with Gasteiger partial charge in [-0.05, 0) is 52.4 Å². The second-order valence-electron chi connectivity index (χ2n) is 5.34. The molecule has 0 amide bonds. The second-order valence-corrected chi connectivity index (χ2v) is 8.54. The summed E-state index contributed by atoms with van der Waals surface area (Å²) in [7, 11) is -3.42. The molecule has 0 aromatic heterocycles. The first kappa shape index (κ1) is 15.3. The Morgan fingerprint density at radius 3 is 2.37 bits per heavy atom. The van der Waals surface area contributed by atoms with Crippen molar-refractivity contribution in [3.8, 4) is 0 Å². The molecule has 1 heterocycles. The minimum atomic E-state index is -3.42. The maximum absolute atomic E-state index is 12.6. The van der Waals surface area contributed by atoms with Crippen molar-refractivity contribution in [2.75, 3.05) is 13.1 Å². The lowest BCUT2D eigenvalue weighted by Gasteiger charge is -2.34. The summed E-state index contributed by atoms with van der Waals surface area (Å²) in [4.78, 5) is 0.296. The molecule has 1 aromatic rings. The maximum Gasteiger partial charge on any atom is 0.243 e. The van der Waals surface area contributed by atoms with Crippen molar-refractivity contribution >= 4 is 37.6 Å². The average molecular weight is 367 g/mol. The van der Waals surface area contributed by atoms with Crippen molar-refractivity contribution in [1.82, 2.24) is 4.31 Å². The van der Waals surface area contributed by atoms with Crippen LogP contribution in [0.2, 0.25) is 5.02 Å². The van der Waals surface area contributed by atoms with Crippen LogP contribution < -0.4 is 0 Å². The molecule has 3 nitrogen and oxygen atoms in total. The van der Waals surface area contributed by atoms with Gasteiger partial charge in [-0.15, -0.1) is 0 Å². The van der Waals surface area contributed by atoms with E-state index in [0.717, 1.165) is 6.42 Å². The van der Waals surface area contributed by atoms with E-state index in [2.05, 4.69) is 29.8 Å². The maximum atomic E-state index is 12.6. The first-order chi connectivity index (χ1) is 8.80. The molecule has 1 aliphatic rings. The normalized spacial score (nSPS) is 25.5. The van der Waals surface area contributed by atoms with Gasteiger partial charge in [0.15, 0.2) is 0 Å². The van der Waals surface area contributed by atoms with E-state index in [4.69, 9.17) is 11.6 Å². The molecule has 0 bridgehead atoms. The summed E-state index contributed by atoms with van der Waals surface area (Å²) in [5.74, 6) is 0.795. The zero-order chi connectivity index (χ0) is 14.2. The highest BCUT2D eigenvalue weighted by Gasteiger charge is 2.31. The lowest BCUT2D eigenvalue weighted by Crippen LogP contribution is -2.42. The summed E-state index contributed by atoms with van der Waals surface area (Å²) in [5, 5.41) is 0.513. The molecule has 2 rings (SSSR count). The zero-order valence-corrected chi connectivity index (χ0v) is 14.1. The topological polar surface area (TPSA) is 37.4 Å². The summed E-state index contributed by atoms with van der Waals surface area (Å²) in [5.41, 5.74) is 0. The SMILES string of the molecule is CC1CC(C)CN(S(=O)(=O)c2ccc(Cl)c(Br)c2)C1. The summed E-state index contributed by atoms with van der Waals surface area (Å²) in [6.45, 7) is 5.37. The third-order valence-electron chi connectivity index (χ3n) is 3.36. The quantitative estimate of drug-likeness (QED) is 0.799. The van der Waals surface area contributed by atoms with Gasteiger partial charge in [-0.25, -0.2) is 8.42 Å². The molecule has 0 spiro atoms. The predicted octanol–water partition coefficient (Wildman–Crippen LogP) is 3.77. The minimum absolute atomic E-state index is 0.296. The van der Waals surface area contributed by atoms with Gasteiger partial charge in [0, 0.05) is 17.6 Å². The number of hydrogen-bond donors (Lipinski definition) is 0. The molecule has 19 heavy (non-hydrogen) atoms. The molecule has 0 radical (unpaired) electrons. The molecule has 0 saturated carbocycles. The van der Waals surface area contributed by atoms with Gasteiger partial charge in [-0.3, -0.25) is 0 Å². The van der Waals surface area contributed by atoms with Crippen LogP contribution in [0.1, 0.15) is 20.3 Å². The lowest BCUT2D eigenvalue weighted by molar-refractivity contribution is 0.222. The minimum Gasteiger partial charge on any atom is -0.207 e. The molecule has 6 heteroatoms. The van der Waals surface area contributed by atoms with E-state index in [1.165, 1.54) is 0 Å². The number of hydrogen-bond acceptors (Lipinski definition) is 2. The van der Waals surface area contributed by atoms with Crippen LogP contribution in [-0.4, -0.2) is 25.8 Å². The monoisotopic (exact) mass is 365 g/mol. The van der Waals surface area contributed by atoms with Crippen molar-refractivity contribution in [1.29, 1.82) is 0 Å². The number of sulfonamides is 1. The summed E-state index contributed by atoms with van der Waals surface area (Å²) in [6.07, 6.45) is 1.08. The zero-order valence-electron chi connectivity index (χ0n) is 10.9. The van der Waals surface area contributed by atoms with E-state index in [0.29, 0.717) is 39.3 Å². The molecule has 106 valence electrons. The Morgan fingerprint density at radius 2 is 1.84 bits per heavy atom. The number of benzene rings is 1. The van der Waals surface area contributed by atoms with Crippen LogP contribution in [0.25, 0.3) is 0 Å². The van der Waals surface area contributed by atoms with Crippen molar-refractivity contribution in [2.45, 2.75) is 25.2 Å². The largest absolute Gasteiger partial charge is 0.243 e. The standard InChI is InChI=1S/C13H17BrClNO2S/c1-9-5-10(2)8-16(7-9)19(17,18)11-3-4-13(15)12(14)6-11/h3-4,6,9-10H,5,7-8H2,1-2H3. The number of piperidine rings is 1. The number of rotatable bonds is 2. The Bertz CT molecular complexity index is 566. The molecule has 1 aromatic carbocycles. The Kier molecular flexibility index (Phi) is 4.60. The highest BCUT2D eigenvalue weighted by Crippen LogP contribution is 2.30. The first-order valence-electron chi connectivity index (χ1n) is 6.26. The molecule has 1 fully saturated rings. The Morgan fingerprint density at radius 1 is 1.26 bits per heavy atom. The van der Waals surface area contributed by atoms with Crippen LogP contribution in [0.15, 0.2) is 27.6 Å². The Balaban J connectivity index is 2.33. The fraction of sp³-hybridized carbons (Fsp3) is 0.538. The smallest absolute Gasteiger partial charge is 0.207 e. The van der Waals surface area contributed by atoms with Crippen LogP contribution in [0.5, 0.6) is 0 Å². The molecule has 2 unspecified atom stereocenters. The van der Waals surface area contributed by atoms with Gasteiger partial charge in [-0.2, -0.15) is 4.31 Å². The molecular weight excluding hydrogens is 350 g/mol. The average Bonchev–Trinajstić information content (AvgIpc) is 2.31. The third kappa shape index (κ3) is 3.32. The predicted molar refractivity (Wildman–Crippen MR) is 80.9 cm³/mol. The van der Waals surface area contributed by atoms with Crippen LogP contribution in [-0.2, 0) is 10.0 Å². The first-order valence-corrected chi connectivity index (χ1v) is 8.87. The van der Waals surface area contributed by atoms with Gasteiger partial charge in [0.25, 0.3) is 0 Å². The molecule has 1 saturated heterocycles.